The fourth-order valence-corrected chi connectivity index (χ4v) is 4.43. The van der Waals surface area contributed by atoms with Crippen molar-refractivity contribution in [3.05, 3.63) is 34.9 Å². The second-order valence-corrected chi connectivity index (χ2v) is 7.85. The Balaban J connectivity index is 1.63. The van der Waals surface area contributed by atoms with E-state index in [2.05, 4.69) is 48.5 Å². The third-order valence-electron chi connectivity index (χ3n) is 5.30. The van der Waals surface area contributed by atoms with E-state index in [0.717, 1.165) is 6.54 Å². The molecule has 1 N–H and O–H groups in total. The van der Waals surface area contributed by atoms with Crippen molar-refractivity contribution in [1.29, 1.82) is 0 Å². The van der Waals surface area contributed by atoms with Gasteiger partial charge < -0.3 is 5.32 Å². The normalized spacial score (nSPS) is 21.9. The number of rotatable bonds is 5. The number of fused-ring (bicyclic) bond motifs is 1. The molecule has 20 heavy (non-hydrogen) atoms. The highest BCUT2D eigenvalue weighted by Crippen LogP contribution is 2.42. The minimum atomic E-state index is 0.479. The second-order valence-electron chi connectivity index (χ2n) is 6.58. The van der Waals surface area contributed by atoms with Crippen molar-refractivity contribution in [2.45, 2.75) is 62.7 Å². The number of nitrogens with one attached hydrogen (secondary N) is 1. The maximum atomic E-state index is 3.78. The lowest BCUT2D eigenvalue weighted by Crippen LogP contribution is -2.44. The summed E-state index contributed by atoms with van der Waals surface area (Å²) in [4.78, 5) is 0. The molecule has 1 atom stereocenters. The molecule has 1 aromatic rings. The van der Waals surface area contributed by atoms with Gasteiger partial charge in [-0.05, 0) is 68.4 Å². The molecule has 2 heteroatoms. The van der Waals surface area contributed by atoms with Crippen LogP contribution in [0.5, 0.6) is 0 Å². The third kappa shape index (κ3) is 2.92. The molecule has 1 nitrogen and oxygen atoms in total. The number of benzene rings is 1. The highest BCUT2D eigenvalue weighted by Gasteiger charge is 2.35. The van der Waals surface area contributed by atoms with Crippen LogP contribution in [-0.4, -0.2) is 17.5 Å². The zero-order chi connectivity index (χ0) is 14.0. The maximum Gasteiger partial charge on any atom is 0.0292 e. The van der Waals surface area contributed by atoms with E-state index in [1.165, 1.54) is 50.5 Å². The smallest absolute Gasteiger partial charge is 0.0292 e. The summed E-state index contributed by atoms with van der Waals surface area (Å²) in [7, 11) is 0. The van der Waals surface area contributed by atoms with Gasteiger partial charge in [-0.15, -0.1) is 0 Å². The lowest BCUT2D eigenvalue weighted by atomic mass is 9.84. The predicted octanol–water partition coefficient (Wildman–Crippen LogP) is 4.50. The van der Waals surface area contributed by atoms with E-state index >= 15 is 0 Å². The molecular formula is C18H27NS. The summed E-state index contributed by atoms with van der Waals surface area (Å²) in [6.45, 7) is 3.48. The van der Waals surface area contributed by atoms with E-state index in [1.807, 2.05) is 0 Å². The van der Waals surface area contributed by atoms with E-state index in [0.29, 0.717) is 10.8 Å². The number of aryl methyl sites for hydroxylation is 2. The molecular weight excluding hydrogens is 262 g/mol. The first kappa shape index (κ1) is 14.5. The lowest BCUT2D eigenvalue weighted by Gasteiger charge is -2.41. The van der Waals surface area contributed by atoms with E-state index in [4.69, 9.17) is 0 Å². The Labute approximate surface area is 127 Å². The molecule has 1 fully saturated rings. The van der Waals surface area contributed by atoms with Crippen molar-refractivity contribution in [2.75, 3.05) is 12.8 Å². The van der Waals surface area contributed by atoms with E-state index in [-0.39, 0.29) is 0 Å². The average molecular weight is 289 g/mol. The highest BCUT2D eigenvalue weighted by molar-refractivity contribution is 8.00. The summed E-state index contributed by atoms with van der Waals surface area (Å²) >= 11 is 2.06. The summed E-state index contributed by atoms with van der Waals surface area (Å²) in [6.07, 6.45) is 11.8. The van der Waals surface area contributed by atoms with Crippen molar-refractivity contribution < 1.29 is 0 Å². The van der Waals surface area contributed by atoms with Crippen LogP contribution in [0.4, 0.5) is 0 Å². The van der Waals surface area contributed by atoms with Crippen LogP contribution in [0.25, 0.3) is 0 Å². The maximum absolute atomic E-state index is 3.78. The van der Waals surface area contributed by atoms with Gasteiger partial charge in [0.25, 0.3) is 0 Å². The van der Waals surface area contributed by atoms with E-state index < -0.39 is 0 Å². The zero-order valence-electron chi connectivity index (χ0n) is 12.9. The second kappa shape index (κ2) is 6.11. The molecule has 0 aromatic heterocycles. The van der Waals surface area contributed by atoms with Gasteiger partial charge in [0.2, 0.25) is 0 Å². The highest BCUT2D eigenvalue weighted by atomic mass is 32.2. The molecule has 1 saturated carbocycles. The van der Waals surface area contributed by atoms with Crippen LogP contribution in [0, 0.1) is 0 Å². The first-order valence-corrected chi connectivity index (χ1v) is 9.35. The van der Waals surface area contributed by atoms with Crippen molar-refractivity contribution >= 4 is 11.8 Å². The number of hydrogen-bond acceptors (Lipinski definition) is 2. The Morgan fingerprint density at radius 2 is 1.90 bits per heavy atom. The SMILES string of the molecule is CSC1(CNC(C)c2ccc3c(c2)CCCC3)CCC1. The molecule has 2 aliphatic rings. The van der Waals surface area contributed by atoms with Crippen LogP contribution >= 0.6 is 11.8 Å². The molecule has 0 spiro atoms. The molecule has 1 aromatic carbocycles. The Bertz CT molecular complexity index is 459. The minimum absolute atomic E-state index is 0.479. The van der Waals surface area contributed by atoms with Crippen LogP contribution in [0.3, 0.4) is 0 Å². The standard InChI is InChI=1S/C18H27NS/c1-14(19-13-18(20-2)10-5-11-18)16-9-8-15-6-3-4-7-17(15)12-16/h8-9,12,14,19H,3-7,10-11,13H2,1-2H3. The Morgan fingerprint density at radius 1 is 1.15 bits per heavy atom. The molecule has 0 amide bonds. The van der Waals surface area contributed by atoms with Crippen molar-refractivity contribution in [2.24, 2.45) is 0 Å². The third-order valence-corrected chi connectivity index (χ3v) is 6.72. The molecule has 110 valence electrons. The van der Waals surface area contributed by atoms with Crippen molar-refractivity contribution in [3.63, 3.8) is 0 Å². The van der Waals surface area contributed by atoms with Gasteiger partial charge in [-0.25, -0.2) is 0 Å². The van der Waals surface area contributed by atoms with Gasteiger partial charge >= 0.3 is 0 Å². The predicted molar refractivity (Wildman–Crippen MR) is 89.6 cm³/mol. The number of hydrogen-bond donors (Lipinski definition) is 1. The summed E-state index contributed by atoms with van der Waals surface area (Å²) in [5.41, 5.74) is 4.67. The van der Waals surface area contributed by atoms with Gasteiger partial charge in [0.05, 0.1) is 0 Å². The molecule has 0 aliphatic heterocycles. The summed E-state index contributed by atoms with van der Waals surface area (Å²) in [5, 5.41) is 3.78. The Kier molecular flexibility index (Phi) is 4.42. The largest absolute Gasteiger partial charge is 0.309 e. The first-order valence-electron chi connectivity index (χ1n) is 8.13. The zero-order valence-corrected chi connectivity index (χ0v) is 13.7. The molecule has 0 radical (unpaired) electrons. The van der Waals surface area contributed by atoms with Crippen LogP contribution in [-0.2, 0) is 12.8 Å². The molecule has 0 heterocycles. The van der Waals surface area contributed by atoms with Crippen LogP contribution in [0.2, 0.25) is 0 Å². The topological polar surface area (TPSA) is 12.0 Å². The van der Waals surface area contributed by atoms with Crippen molar-refractivity contribution in [1.82, 2.24) is 5.32 Å². The summed E-state index contributed by atoms with van der Waals surface area (Å²) in [6, 6.07) is 7.65. The molecule has 0 saturated heterocycles. The van der Waals surface area contributed by atoms with Crippen LogP contribution < -0.4 is 5.32 Å². The Morgan fingerprint density at radius 3 is 2.55 bits per heavy atom. The summed E-state index contributed by atoms with van der Waals surface area (Å²) < 4.78 is 0.530. The molecule has 1 unspecified atom stereocenters. The lowest BCUT2D eigenvalue weighted by molar-refractivity contribution is 0.334. The van der Waals surface area contributed by atoms with Gasteiger partial charge in [0.15, 0.2) is 0 Å². The molecule has 0 bridgehead atoms. The van der Waals surface area contributed by atoms with Crippen LogP contribution in [0.15, 0.2) is 18.2 Å². The quantitative estimate of drug-likeness (QED) is 0.856. The van der Waals surface area contributed by atoms with Gasteiger partial charge in [-0.3, -0.25) is 0 Å². The average Bonchev–Trinajstić information content (AvgIpc) is 2.46. The summed E-state index contributed by atoms with van der Waals surface area (Å²) in [5.74, 6) is 0. The van der Waals surface area contributed by atoms with Crippen LogP contribution in [0.1, 0.15) is 61.8 Å². The Hall–Kier alpha value is -0.470. The van der Waals surface area contributed by atoms with Gasteiger partial charge in [0, 0.05) is 17.3 Å². The molecule has 3 rings (SSSR count). The fourth-order valence-electron chi connectivity index (χ4n) is 3.50. The molecule has 2 aliphatic carbocycles. The number of thioether (sulfide) groups is 1. The first-order chi connectivity index (χ1) is 9.72. The minimum Gasteiger partial charge on any atom is -0.309 e. The van der Waals surface area contributed by atoms with Gasteiger partial charge in [0.1, 0.15) is 0 Å². The monoisotopic (exact) mass is 289 g/mol. The van der Waals surface area contributed by atoms with E-state index in [1.54, 1.807) is 11.1 Å². The van der Waals surface area contributed by atoms with E-state index in [9.17, 15) is 0 Å². The van der Waals surface area contributed by atoms with Crippen molar-refractivity contribution in [3.8, 4) is 0 Å². The van der Waals surface area contributed by atoms with Gasteiger partial charge in [-0.2, -0.15) is 11.8 Å². The van der Waals surface area contributed by atoms with Gasteiger partial charge in [-0.1, -0.05) is 24.6 Å². The fraction of sp³-hybridized carbons (Fsp3) is 0.667.